The Morgan fingerprint density at radius 3 is 2.78 bits per heavy atom. The van der Waals surface area contributed by atoms with E-state index in [1.54, 1.807) is 13.0 Å². The van der Waals surface area contributed by atoms with Crippen LogP contribution in [0.2, 0.25) is 0 Å². The Morgan fingerprint density at radius 2 is 2.17 bits per heavy atom. The van der Waals surface area contributed by atoms with Crippen molar-refractivity contribution >= 4 is 23.4 Å². The van der Waals surface area contributed by atoms with Crippen molar-refractivity contribution in [2.75, 3.05) is 5.32 Å². The fourth-order valence-electron chi connectivity index (χ4n) is 1.26. The zero-order chi connectivity index (χ0) is 13.4. The van der Waals surface area contributed by atoms with Crippen molar-refractivity contribution in [2.45, 2.75) is 29.9 Å². The summed E-state index contributed by atoms with van der Waals surface area (Å²) >= 11 is 1.29. The third kappa shape index (κ3) is 4.12. The van der Waals surface area contributed by atoms with Gasteiger partial charge in [-0.2, -0.15) is 10.5 Å². The summed E-state index contributed by atoms with van der Waals surface area (Å²) in [4.78, 5) is 12.2. The van der Waals surface area contributed by atoms with Crippen molar-refractivity contribution in [3.63, 3.8) is 0 Å². The number of carbonyl (C=O) groups excluding carboxylic acids is 1. The van der Waals surface area contributed by atoms with Gasteiger partial charge in [-0.1, -0.05) is 19.1 Å². The van der Waals surface area contributed by atoms with E-state index in [9.17, 15) is 4.79 Å². The van der Waals surface area contributed by atoms with Crippen LogP contribution < -0.4 is 5.32 Å². The molecular formula is C13H13N3OS. The lowest BCUT2D eigenvalue weighted by Gasteiger charge is -2.11. The lowest BCUT2D eigenvalue weighted by atomic mass is 10.3. The summed E-state index contributed by atoms with van der Waals surface area (Å²) in [5.74, 6) is -0.0724. The second-order valence-electron chi connectivity index (χ2n) is 3.50. The van der Waals surface area contributed by atoms with Gasteiger partial charge in [-0.25, -0.2) is 0 Å². The minimum absolute atomic E-state index is 0.0724. The summed E-state index contributed by atoms with van der Waals surface area (Å²) in [5, 5.41) is 19.9. The number of nitrogens with one attached hydrogen (secondary N) is 1. The van der Waals surface area contributed by atoms with Gasteiger partial charge in [0.1, 0.15) is 5.25 Å². The van der Waals surface area contributed by atoms with Crippen LogP contribution >= 0.6 is 11.8 Å². The van der Waals surface area contributed by atoms with Crippen LogP contribution in [0.5, 0.6) is 0 Å². The first kappa shape index (κ1) is 14.1. The summed E-state index contributed by atoms with van der Waals surface area (Å²) in [7, 11) is 0. The Hall–Kier alpha value is -1.98. The normalized spacial score (nSPS) is 11.1. The van der Waals surface area contributed by atoms with Gasteiger partial charge in [-0.05, 0) is 12.1 Å². The highest BCUT2D eigenvalue weighted by atomic mass is 32.2. The molecule has 0 aliphatic carbocycles. The Labute approximate surface area is 111 Å². The molecule has 0 saturated heterocycles. The molecule has 0 saturated carbocycles. The molecule has 4 nitrogen and oxygen atoms in total. The van der Waals surface area contributed by atoms with E-state index < -0.39 is 5.25 Å². The number of thioether (sulfide) groups is 1. The van der Waals surface area contributed by atoms with E-state index in [1.165, 1.54) is 11.8 Å². The van der Waals surface area contributed by atoms with Crippen molar-refractivity contribution < 1.29 is 4.79 Å². The molecule has 1 unspecified atom stereocenters. The zero-order valence-corrected chi connectivity index (χ0v) is 10.8. The van der Waals surface area contributed by atoms with Gasteiger partial charge >= 0.3 is 0 Å². The highest BCUT2D eigenvalue weighted by Gasteiger charge is 2.12. The number of amides is 1. The molecule has 1 rings (SSSR count). The number of hydrogen-bond acceptors (Lipinski definition) is 4. The molecule has 0 bridgehead atoms. The molecule has 92 valence electrons. The number of hydrogen-bond donors (Lipinski definition) is 1. The molecule has 1 aromatic rings. The van der Waals surface area contributed by atoms with Gasteiger partial charge in [0, 0.05) is 11.3 Å². The van der Waals surface area contributed by atoms with Gasteiger partial charge in [0.25, 0.3) is 0 Å². The summed E-state index contributed by atoms with van der Waals surface area (Å²) in [6.07, 6.45) is 0.566. The first-order chi connectivity index (χ1) is 8.71. The molecule has 0 aromatic heterocycles. The molecular weight excluding hydrogens is 246 g/mol. The number of nitrogens with zero attached hydrogens (tertiary/aromatic N) is 2. The predicted molar refractivity (Wildman–Crippen MR) is 70.9 cm³/mol. The molecule has 1 amide bonds. The molecule has 0 fully saturated rings. The van der Waals surface area contributed by atoms with E-state index in [4.69, 9.17) is 10.5 Å². The first-order valence-electron chi connectivity index (χ1n) is 5.53. The third-order valence-corrected chi connectivity index (χ3v) is 3.34. The largest absolute Gasteiger partial charge is 0.325 e. The Morgan fingerprint density at radius 1 is 1.44 bits per heavy atom. The summed E-state index contributed by atoms with van der Waals surface area (Å²) in [6, 6.07) is 11.3. The van der Waals surface area contributed by atoms with Crippen molar-refractivity contribution in [1.82, 2.24) is 0 Å². The van der Waals surface area contributed by atoms with Gasteiger partial charge in [0.2, 0.25) is 5.91 Å². The van der Waals surface area contributed by atoms with Crippen LogP contribution in [-0.4, -0.2) is 11.2 Å². The third-order valence-electron chi connectivity index (χ3n) is 2.17. The number of rotatable bonds is 5. The van der Waals surface area contributed by atoms with Gasteiger partial charge in [0.05, 0.1) is 24.2 Å². The second-order valence-corrected chi connectivity index (χ2v) is 4.74. The van der Waals surface area contributed by atoms with Crippen LogP contribution in [0, 0.1) is 22.7 Å². The van der Waals surface area contributed by atoms with Crippen molar-refractivity contribution in [2.24, 2.45) is 0 Å². The zero-order valence-electron chi connectivity index (χ0n) is 10.0. The maximum absolute atomic E-state index is 11.4. The Bertz CT molecular complexity index is 502. The van der Waals surface area contributed by atoms with Crippen LogP contribution in [0.25, 0.3) is 0 Å². The number of anilines is 1. The first-order valence-corrected chi connectivity index (χ1v) is 6.41. The lowest BCUT2D eigenvalue weighted by molar-refractivity contribution is -0.115. The molecule has 18 heavy (non-hydrogen) atoms. The maximum atomic E-state index is 11.4. The standard InChI is InChI=1S/C13H13N3OS/c1-2-13(17)16-11-5-3-4-6-12(11)18-10(9-15)7-8-14/h3-6,10H,2,7H2,1H3,(H,16,17). The lowest BCUT2D eigenvalue weighted by Crippen LogP contribution is -2.10. The SMILES string of the molecule is CCC(=O)Nc1ccccc1SC(C#N)CC#N. The van der Waals surface area contributed by atoms with Gasteiger partial charge in [0.15, 0.2) is 0 Å². The highest BCUT2D eigenvalue weighted by molar-refractivity contribution is 8.00. The Balaban J connectivity index is 2.85. The minimum atomic E-state index is -0.422. The van der Waals surface area contributed by atoms with E-state index in [0.29, 0.717) is 12.1 Å². The van der Waals surface area contributed by atoms with E-state index in [0.717, 1.165) is 4.90 Å². The molecule has 1 atom stereocenters. The fraction of sp³-hybridized carbons (Fsp3) is 0.308. The van der Waals surface area contributed by atoms with Crippen LogP contribution in [0.4, 0.5) is 5.69 Å². The average molecular weight is 259 g/mol. The molecule has 0 spiro atoms. The second kappa shape index (κ2) is 7.37. The van der Waals surface area contributed by atoms with E-state index in [2.05, 4.69) is 11.4 Å². The van der Waals surface area contributed by atoms with E-state index in [-0.39, 0.29) is 12.3 Å². The predicted octanol–water partition coefficient (Wildman–Crippen LogP) is 2.93. The topological polar surface area (TPSA) is 76.7 Å². The Kier molecular flexibility index (Phi) is 5.76. The monoisotopic (exact) mass is 259 g/mol. The number of carbonyl (C=O) groups is 1. The molecule has 0 heterocycles. The van der Waals surface area contributed by atoms with Gasteiger partial charge in [-0.3, -0.25) is 4.79 Å². The van der Waals surface area contributed by atoms with Crippen LogP contribution in [0.15, 0.2) is 29.2 Å². The molecule has 1 N–H and O–H groups in total. The number of nitriles is 2. The summed E-state index contributed by atoms with van der Waals surface area (Å²) in [5.41, 5.74) is 0.688. The number of benzene rings is 1. The average Bonchev–Trinajstić information content (AvgIpc) is 2.40. The summed E-state index contributed by atoms with van der Waals surface area (Å²) < 4.78 is 0. The molecule has 1 aromatic carbocycles. The molecule has 0 aliphatic rings. The maximum Gasteiger partial charge on any atom is 0.224 e. The minimum Gasteiger partial charge on any atom is -0.325 e. The smallest absolute Gasteiger partial charge is 0.224 e. The number of para-hydroxylation sites is 1. The van der Waals surface area contributed by atoms with Crippen LogP contribution in [-0.2, 0) is 4.79 Å². The van der Waals surface area contributed by atoms with Crippen molar-refractivity contribution in [3.8, 4) is 12.1 Å². The highest BCUT2D eigenvalue weighted by Crippen LogP contribution is 2.31. The molecule has 0 radical (unpaired) electrons. The van der Waals surface area contributed by atoms with Crippen molar-refractivity contribution in [3.05, 3.63) is 24.3 Å². The van der Waals surface area contributed by atoms with Crippen molar-refractivity contribution in [1.29, 1.82) is 10.5 Å². The van der Waals surface area contributed by atoms with Crippen LogP contribution in [0.3, 0.4) is 0 Å². The van der Waals surface area contributed by atoms with E-state index in [1.807, 2.05) is 24.3 Å². The molecule has 5 heteroatoms. The van der Waals surface area contributed by atoms with E-state index >= 15 is 0 Å². The molecule has 0 aliphatic heterocycles. The van der Waals surface area contributed by atoms with Gasteiger partial charge < -0.3 is 5.32 Å². The fourth-order valence-corrected chi connectivity index (χ4v) is 2.18. The van der Waals surface area contributed by atoms with Crippen LogP contribution in [0.1, 0.15) is 19.8 Å². The van der Waals surface area contributed by atoms with Gasteiger partial charge in [-0.15, -0.1) is 11.8 Å². The quantitative estimate of drug-likeness (QED) is 0.825. The summed E-state index contributed by atoms with van der Waals surface area (Å²) in [6.45, 7) is 1.78.